The van der Waals surface area contributed by atoms with Crippen LogP contribution in [0.25, 0.3) is 0 Å². The predicted molar refractivity (Wildman–Crippen MR) is 44.6 cm³/mol. The largest absolute Gasteiger partial charge is 0.379 e. The van der Waals surface area contributed by atoms with E-state index in [0.717, 1.165) is 0 Å². The second kappa shape index (κ2) is 2.95. The highest BCUT2D eigenvalue weighted by molar-refractivity contribution is 7.87. The van der Waals surface area contributed by atoms with E-state index in [0.29, 0.717) is 13.2 Å². The van der Waals surface area contributed by atoms with Gasteiger partial charge in [0.25, 0.3) is 10.2 Å². The molecule has 0 amide bonds. The zero-order valence-electron chi connectivity index (χ0n) is 7.20. The first kappa shape index (κ1) is 9.91. The van der Waals surface area contributed by atoms with Gasteiger partial charge < -0.3 is 4.74 Å². The monoisotopic (exact) mass is 194 g/mol. The van der Waals surface area contributed by atoms with E-state index in [2.05, 4.69) is 4.72 Å². The third-order valence-corrected chi connectivity index (χ3v) is 2.62. The highest BCUT2D eigenvalue weighted by Crippen LogP contribution is 2.27. The molecule has 1 aliphatic heterocycles. The molecule has 0 aromatic carbocycles. The summed E-state index contributed by atoms with van der Waals surface area (Å²) < 4.78 is 28.8. The van der Waals surface area contributed by atoms with Gasteiger partial charge in [0.15, 0.2) is 0 Å². The number of hydrogen-bond acceptors (Lipinski definition) is 3. The molecule has 3 N–H and O–H groups in total. The Labute approximate surface area is 72.5 Å². The summed E-state index contributed by atoms with van der Waals surface area (Å²) in [7, 11) is -3.61. The average molecular weight is 194 g/mol. The quantitative estimate of drug-likeness (QED) is 0.604. The van der Waals surface area contributed by atoms with Crippen molar-refractivity contribution in [2.75, 3.05) is 13.2 Å². The van der Waals surface area contributed by atoms with Crippen molar-refractivity contribution in [3.05, 3.63) is 0 Å². The van der Waals surface area contributed by atoms with Crippen molar-refractivity contribution in [2.45, 2.75) is 19.9 Å². The highest BCUT2D eigenvalue weighted by Gasteiger charge is 2.37. The minimum Gasteiger partial charge on any atom is -0.379 e. The molecule has 0 aliphatic carbocycles. The molecule has 1 heterocycles. The van der Waals surface area contributed by atoms with Crippen LogP contribution < -0.4 is 9.86 Å². The molecule has 0 saturated carbocycles. The van der Waals surface area contributed by atoms with E-state index in [9.17, 15) is 8.42 Å². The van der Waals surface area contributed by atoms with Crippen molar-refractivity contribution < 1.29 is 13.2 Å². The molecule has 1 atom stereocenters. The minimum absolute atomic E-state index is 0.174. The Balaban J connectivity index is 2.65. The summed E-state index contributed by atoms with van der Waals surface area (Å²) in [4.78, 5) is 0. The van der Waals surface area contributed by atoms with Crippen LogP contribution in [0.3, 0.4) is 0 Å². The second-order valence-electron chi connectivity index (χ2n) is 3.72. The average Bonchev–Trinajstić information content (AvgIpc) is 2.07. The fourth-order valence-electron chi connectivity index (χ4n) is 1.16. The maximum atomic E-state index is 10.7. The van der Waals surface area contributed by atoms with Gasteiger partial charge in [-0.3, -0.25) is 0 Å². The fourth-order valence-corrected chi connectivity index (χ4v) is 1.94. The molecule has 0 aromatic rings. The van der Waals surface area contributed by atoms with E-state index in [1.54, 1.807) is 0 Å². The lowest BCUT2D eigenvalue weighted by Crippen LogP contribution is -2.46. The third-order valence-electron chi connectivity index (χ3n) is 2.01. The van der Waals surface area contributed by atoms with Crippen molar-refractivity contribution in [2.24, 2.45) is 10.6 Å². The SMILES string of the molecule is CC1(C)COCC1NS(N)(=O)=O. The first-order chi connectivity index (χ1) is 5.31. The summed E-state index contributed by atoms with van der Waals surface area (Å²) in [5, 5.41) is 4.84. The Bertz CT molecular complexity index is 260. The fraction of sp³-hybridized carbons (Fsp3) is 1.00. The molecule has 6 heteroatoms. The molecule has 0 aromatic heterocycles. The van der Waals surface area contributed by atoms with Gasteiger partial charge in [0.05, 0.1) is 19.3 Å². The first-order valence-electron chi connectivity index (χ1n) is 3.69. The van der Waals surface area contributed by atoms with Gasteiger partial charge in [-0.2, -0.15) is 13.1 Å². The van der Waals surface area contributed by atoms with Gasteiger partial charge in [-0.25, -0.2) is 5.14 Å². The van der Waals surface area contributed by atoms with Crippen molar-refractivity contribution >= 4 is 10.2 Å². The Morgan fingerprint density at radius 3 is 2.50 bits per heavy atom. The molecule has 5 nitrogen and oxygen atoms in total. The highest BCUT2D eigenvalue weighted by atomic mass is 32.2. The molecular formula is C6H14N2O3S. The van der Waals surface area contributed by atoms with E-state index in [-0.39, 0.29) is 11.5 Å². The zero-order chi connectivity index (χ0) is 9.41. The molecule has 0 radical (unpaired) electrons. The molecular weight excluding hydrogens is 180 g/mol. The van der Waals surface area contributed by atoms with Crippen LogP contribution in [0.4, 0.5) is 0 Å². The van der Waals surface area contributed by atoms with Gasteiger partial charge in [0.1, 0.15) is 0 Å². The minimum atomic E-state index is -3.61. The number of nitrogens with two attached hydrogens (primary N) is 1. The van der Waals surface area contributed by atoms with Crippen molar-refractivity contribution in [1.29, 1.82) is 0 Å². The number of rotatable bonds is 2. The van der Waals surface area contributed by atoms with Crippen LogP contribution >= 0.6 is 0 Å². The van der Waals surface area contributed by atoms with Crippen LogP contribution in [0.5, 0.6) is 0 Å². The van der Waals surface area contributed by atoms with Crippen LogP contribution in [0, 0.1) is 5.41 Å². The van der Waals surface area contributed by atoms with Gasteiger partial charge in [-0.1, -0.05) is 13.8 Å². The number of ether oxygens (including phenoxy) is 1. The van der Waals surface area contributed by atoms with Gasteiger partial charge in [0.2, 0.25) is 0 Å². The summed E-state index contributed by atoms with van der Waals surface area (Å²) in [5.74, 6) is 0. The molecule has 1 fully saturated rings. The van der Waals surface area contributed by atoms with E-state index < -0.39 is 10.2 Å². The van der Waals surface area contributed by atoms with E-state index in [4.69, 9.17) is 9.88 Å². The van der Waals surface area contributed by atoms with Gasteiger partial charge >= 0.3 is 0 Å². The summed E-state index contributed by atoms with van der Waals surface area (Å²) in [6.45, 7) is 4.81. The molecule has 1 saturated heterocycles. The Morgan fingerprint density at radius 2 is 2.17 bits per heavy atom. The van der Waals surface area contributed by atoms with Crippen LogP contribution in [0.15, 0.2) is 0 Å². The third kappa shape index (κ3) is 2.41. The first-order valence-corrected chi connectivity index (χ1v) is 5.24. The van der Waals surface area contributed by atoms with Crippen molar-refractivity contribution in [3.63, 3.8) is 0 Å². The van der Waals surface area contributed by atoms with Crippen LogP contribution in [-0.4, -0.2) is 27.7 Å². The normalized spacial score (nSPS) is 29.1. The Kier molecular flexibility index (Phi) is 2.44. The lowest BCUT2D eigenvalue weighted by atomic mass is 9.89. The molecule has 0 spiro atoms. The number of hydrogen-bond donors (Lipinski definition) is 2. The molecule has 1 rings (SSSR count). The molecule has 12 heavy (non-hydrogen) atoms. The topological polar surface area (TPSA) is 81.4 Å². The lowest BCUT2D eigenvalue weighted by Gasteiger charge is -2.23. The number of nitrogens with one attached hydrogen (secondary N) is 1. The summed E-state index contributed by atoms with van der Waals surface area (Å²) in [6, 6.07) is -0.215. The summed E-state index contributed by atoms with van der Waals surface area (Å²) in [5.41, 5.74) is -0.174. The molecule has 0 bridgehead atoms. The van der Waals surface area contributed by atoms with Crippen LogP contribution in [0.1, 0.15) is 13.8 Å². The molecule has 1 aliphatic rings. The van der Waals surface area contributed by atoms with Gasteiger partial charge in [-0.15, -0.1) is 0 Å². The predicted octanol–water partition coefficient (Wildman–Crippen LogP) is -0.795. The summed E-state index contributed by atoms with van der Waals surface area (Å²) in [6.07, 6.45) is 0. The van der Waals surface area contributed by atoms with E-state index in [1.165, 1.54) is 0 Å². The lowest BCUT2D eigenvalue weighted by molar-refractivity contribution is 0.166. The van der Waals surface area contributed by atoms with Gasteiger partial charge in [0, 0.05) is 5.41 Å². The maximum Gasteiger partial charge on any atom is 0.274 e. The zero-order valence-corrected chi connectivity index (χ0v) is 8.02. The van der Waals surface area contributed by atoms with E-state index >= 15 is 0 Å². The van der Waals surface area contributed by atoms with Crippen molar-refractivity contribution in [3.8, 4) is 0 Å². The van der Waals surface area contributed by atoms with Crippen LogP contribution in [0.2, 0.25) is 0 Å². The van der Waals surface area contributed by atoms with E-state index in [1.807, 2.05) is 13.8 Å². The maximum absolute atomic E-state index is 10.7. The Morgan fingerprint density at radius 1 is 1.58 bits per heavy atom. The standard InChI is InChI=1S/C6H14N2O3S/c1-6(2)4-11-3-5(6)8-12(7,9)10/h5,8H,3-4H2,1-2H3,(H2,7,9,10). The summed E-state index contributed by atoms with van der Waals surface area (Å²) >= 11 is 0. The Hall–Kier alpha value is -0.170. The second-order valence-corrected chi connectivity index (χ2v) is 5.04. The smallest absolute Gasteiger partial charge is 0.274 e. The molecule has 1 unspecified atom stereocenters. The van der Waals surface area contributed by atoms with Crippen molar-refractivity contribution in [1.82, 2.24) is 4.72 Å². The van der Waals surface area contributed by atoms with Crippen LogP contribution in [-0.2, 0) is 14.9 Å². The van der Waals surface area contributed by atoms with Gasteiger partial charge in [-0.05, 0) is 0 Å². The molecule has 72 valence electrons.